The van der Waals surface area contributed by atoms with Crippen LogP contribution in [0.4, 0.5) is 11.6 Å². The van der Waals surface area contributed by atoms with E-state index in [1.54, 1.807) is 0 Å². The molecule has 5 nitrogen and oxygen atoms in total. The van der Waals surface area contributed by atoms with E-state index in [1.807, 2.05) is 13.8 Å². The van der Waals surface area contributed by atoms with Gasteiger partial charge in [-0.05, 0) is 32.1 Å². The van der Waals surface area contributed by atoms with Crippen LogP contribution in [0, 0.1) is 25.7 Å². The Bertz CT molecular complexity index is 432. The molecule has 1 aliphatic carbocycles. The van der Waals surface area contributed by atoms with E-state index in [9.17, 15) is 0 Å². The molecular weight excluding hydrogens is 238 g/mol. The van der Waals surface area contributed by atoms with Crippen molar-refractivity contribution in [3.05, 3.63) is 11.4 Å². The van der Waals surface area contributed by atoms with E-state index < -0.39 is 0 Å². The van der Waals surface area contributed by atoms with Gasteiger partial charge in [0.25, 0.3) is 0 Å². The number of aryl methyl sites for hydroxylation is 1. The van der Waals surface area contributed by atoms with Crippen LogP contribution in [-0.4, -0.2) is 16.5 Å². The number of nitrogens with one attached hydrogen (secondary N) is 2. The highest BCUT2D eigenvalue weighted by Gasteiger charge is 2.21. The van der Waals surface area contributed by atoms with Crippen LogP contribution in [0.15, 0.2) is 0 Å². The minimum Gasteiger partial charge on any atom is -0.369 e. The first kappa shape index (κ1) is 14.1. The fourth-order valence-electron chi connectivity index (χ4n) is 2.87. The van der Waals surface area contributed by atoms with Crippen LogP contribution >= 0.6 is 0 Å². The first-order valence-electron chi connectivity index (χ1n) is 7.17. The van der Waals surface area contributed by atoms with Crippen LogP contribution < -0.4 is 16.6 Å². The lowest BCUT2D eigenvalue weighted by Gasteiger charge is -2.29. The second-order valence-corrected chi connectivity index (χ2v) is 5.64. The Morgan fingerprint density at radius 2 is 1.84 bits per heavy atom. The molecule has 4 N–H and O–H groups in total. The zero-order valence-corrected chi connectivity index (χ0v) is 12.2. The largest absolute Gasteiger partial charge is 0.369 e. The van der Waals surface area contributed by atoms with Crippen LogP contribution in [0.25, 0.3) is 0 Å². The van der Waals surface area contributed by atoms with Crippen molar-refractivity contribution >= 4 is 11.6 Å². The quantitative estimate of drug-likeness (QED) is 0.575. The van der Waals surface area contributed by atoms with E-state index in [-0.39, 0.29) is 0 Å². The van der Waals surface area contributed by atoms with Crippen molar-refractivity contribution in [3.63, 3.8) is 0 Å². The number of anilines is 2. The Morgan fingerprint density at radius 1 is 1.16 bits per heavy atom. The van der Waals surface area contributed by atoms with E-state index in [4.69, 9.17) is 5.84 Å². The monoisotopic (exact) mass is 263 g/mol. The molecule has 1 aliphatic rings. The van der Waals surface area contributed by atoms with Gasteiger partial charge in [0.15, 0.2) is 0 Å². The van der Waals surface area contributed by atoms with Gasteiger partial charge < -0.3 is 10.7 Å². The van der Waals surface area contributed by atoms with Crippen LogP contribution in [0.3, 0.4) is 0 Å². The number of hydrazine groups is 1. The predicted molar refractivity (Wildman–Crippen MR) is 78.9 cm³/mol. The summed E-state index contributed by atoms with van der Waals surface area (Å²) in [7, 11) is 0. The second-order valence-electron chi connectivity index (χ2n) is 5.64. The molecule has 2 unspecified atom stereocenters. The molecule has 1 saturated carbocycles. The first-order chi connectivity index (χ1) is 9.11. The smallest absolute Gasteiger partial charge is 0.148 e. The van der Waals surface area contributed by atoms with Gasteiger partial charge in [-0.2, -0.15) is 0 Å². The number of nitrogens with zero attached hydrogens (tertiary/aromatic N) is 2. The normalized spacial score (nSPS) is 23.2. The summed E-state index contributed by atoms with van der Waals surface area (Å²) >= 11 is 0. The summed E-state index contributed by atoms with van der Waals surface area (Å²) in [6.45, 7) is 7.22. The van der Waals surface area contributed by atoms with Crippen molar-refractivity contribution in [1.29, 1.82) is 0 Å². The third kappa shape index (κ3) is 3.35. The topological polar surface area (TPSA) is 75.9 Å². The Hall–Kier alpha value is -1.36. The van der Waals surface area contributed by atoms with Crippen molar-refractivity contribution < 1.29 is 0 Å². The lowest BCUT2D eigenvalue weighted by Crippen LogP contribution is -2.25. The van der Waals surface area contributed by atoms with Crippen LogP contribution in [0.1, 0.15) is 44.0 Å². The van der Waals surface area contributed by atoms with Gasteiger partial charge in [-0.1, -0.05) is 26.2 Å². The molecule has 0 spiro atoms. The standard InChI is InChI=1S/C14H25N5/c1-9-6-4-5-7-12(9)8-16-13-10(2)14(19-15)18-11(3)17-13/h9,12H,4-8,15H2,1-3H3,(H2,16,17,18,19). The average molecular weight is 263 g/mol. The predicted octanol–water partition coefficient (Wildman–Crippen LogP) is 2.62. The van der Waals surface area contributed by atoms with E-state index in [2.05, 4.69) is 27.6 Å². The molecule has 2 rings (SSSR count). The SMILES string of the molecule is Cc1nc(NN)c(C)c(NCC2CCCCC2C)n1. The van der Waals surface area contributed by atoms with Gasteiger partial charge in [0.05, 0.1) is 0 Å². The van der Waals surface area contributed by atoms with Crippen molar-refractivity contribution in [1.82, 2.24) is 9.97 Å². The Morgan fingerprint density at radius 3 is 2.53 bits per heavy atom. The summed E-state index contributed by atoms with van der Waals surface area (Å²) in [5.74, 6) is 9.37. The zero-order valence-electron chi connectivity index (χ0n) is 12.2. The minimum absolute atomic E-state index is 0.701. The summed E-state index contributed by atoms with van der Waals surface area (Å²) in [6.07, 6.45) is 5.40. The summed E-state index contributed by atoms with van der Waals surface area (Å²) in [4.78, 5) is 8.75. The highest BCUT2D eigenvalue weighted by molar-refractivity contribution is 5.56. The van der Waals surface area contributed by atoms with Crippen molar-refractivity contribution in [2.75, 3.05) is 17.3 Å². The van der Waals surface area contributed by atoms with E-state index in [0.717, 1.165) is 35.6 Å². The van der Waals surface area contributed by atoms with Crippen molar-refractivity contribution in [2.45, 2.75) is 46.5 Å². The zero-order chi connectivity index (χ0) is 13.8. The molecule has 0 aliphatic heterocycles. The average Bonchev–Trinajstić information content (AvgIpc) is 2.41. The lowest BCUT2D eigenvalue weighted by molar-refractivity contribution is 0.268. The molecule has 0 bridgehead atoms. The maximum absolute atomic E-state index is 5.48. The first-order valence-corrected chi connectivity index (χ1v) is 7.17. The Balaban J connectivity index is 2.04. The number of nitrogen functional groups attached to an aromatic ring is 1. The molecule has 0 amide bonds. The fraction of sp³-hybridized carbons (Fsp3) is 0.714. The van der Waals surface area contributed by atoms with Gasteiger partial charge in [-0.15, -0.1) is 0 Å². The van der Waals surface area contributed by atoms with Crippen molar-refractivity contribution in [2.24, 2.45) is 17.7 Å². The maximum Gasteiger partial charge on any atom is 0.148 e. The number of rotatable bonds is 4. The molecule has 1 aromatic rings. The molecule has 0 aromatic carbocycles. The maximum atomic E-state index is 5.48. The summed E-state index contributed by atoms with van der Waals surface area (Å²) in [5, 5.41) is 3.48. The molecule has 0 saturated heterocycles. The number of nitrogens with two attached hydrogens (primary N) is 1. The highest BCUT2D eigenvalue weighted by Crippen LogP contribution is 2.30. The highest BCUT2D eigenvalue weighted by atomic mass is 15.3. The number of hydrogen-bond acceptors (Lipinski definition) is 5. The summed E-state index contributed by atoms with van der Waals surface area (Å²) in [6, 6.07) is 0. The van der Waals surface area contributed by atoms with Crippen LogP contribution in [0.2, 0.25) is 0 Å². The van der Waals surface area contributed by atoms with Gasteiger partial charge in [0.1, 0.15) is 17.5 Å². The lowest BCUT2D eigenvalue weighted by atomic mass is 9.80. The molecule has 1 fully saturated rings. The van der Waals surface area contributed by atoms with E-state index in [0.29, 0.717) is 5.82 Å². The van der Waals surface area contributed by atoms with Gasteiger partial charge in [-0.3, -0.25) is 0 Å². The van der Waals surface area contributed by atoms with Gasteiger partial charge >= 0.3 is 0 Å². The van der Waals surface area contributed by atoms with Crippen molar-refractivity contribution in [3.8, 4) is 0 Å². The third-order valence-corrected chi connectivity index (χ3v) is 4.22. The third-order valence-electron chi connectivity index (χ3n) is 4.22. The number of hydrogen-bond donors (Lipinski definition) is 3. The molecule has 1 heterocycles. The van der Waals surface area contributed by atoms with Crippen LogP contribution in [0.5, 0.6) is 0 Å². The van der Waals surface area contributed by atoms with Gasteiger partial charge in [0.2, 0.25) is 0 Å². The molecule has 106 valence electrons. The second kappa shape index (κ2) is 6.19. The van der Waals surface area contributed by atoms with Crippen LogP contribution in [-0.2, 0) is 0 Å². The molecule has 1 aromatic heterocycles. The molecule has 0 radical (unpaired) electrons. The van der Waals surface area contributed by atoms with Gasteiger partial charge in [-0.25, -0.2) is 15.8 Å². The summed E-state index contributed by atoms with van der Waals surface area (Å²) < 4.78 is 0. The summed E-state index contributed by atoms with van der Waals surface area (Å²) in [5.41, 5.74) is 3.62. The molecule has 19 heavy (non-hydrogen) atoms. The Labute approximate surface area is 115 Å². The van der Waals surface area contributed by atoms with E-state index >= 15 is 0 Å². The fourth-order valence-corrected chi connectivity index (χ4v) is 2.87. The van der Waals surface area contributed by atoms with E-state index in [1.165, 1.54) is 25.7 Å². The van der Waals surface area contributed by atoms with Gasteiger partial charge in [0, 0.05) is 12.1 Å². The molecule has 5 heteroatoms. The minimum atomic E-state index is 0.701. The number of aromatic nitrogens is 2. The Kier molecular flexibility index (Phi) is 4.58. The molecule has 2 atom stereocenters. The molecular formula is C14H25N5.